The van der Waals surface area contributed by atoms with Gasteiger partial charge in [0.05, 0.1) is 65.5 Å². The minimum Gasteiger partial charge on any atom is -0.493 e. The number of nitrogens with zero attached hydrogens (tertiary/aromatic N) is 6. The first kappa shape index (κ1) is 48.6. The van der Waals surface area contributed by atoms with Gasteiger partial charge in [-0.3, -0.25) is 43.9 Å². The minimum atomic E-state index is -3.67. The molecular formula is C51H57F2N7O9S. The van der Waals surface area contributed by atoms with Gasteiger partial charge in [-0.1, -0.05) is 12.1 Å². The van der Waals surface area contributed by atoms with Crippen LogP contribution in [0.1, 0.15) is 83.1 Å². The van der Waals surface area contributed by atoms with Crippen LogP contribution >= 0.6 is 0 Å². The highest BCUT2D eigenvalue weighted by Gasteiger charge is 2.46. The predicted octanol–water partition coefficient (Wildman–Crippen LogP) is 6.23. The molecule has 0 saturated carbocycles. The fourth-order valence-corrected chi connectivity index (χ4v) is 11.3. The molecule has 5 aromatic rings. The second-order valence-corrected chi connectivity index (χ2v) is 21.0. The van der Waals surface area contributed by atoms with E-state index in [1.54, 1.807) is 68.0 Å². The SMILES string of the molecule is CCOc1cc([C@@H](CS(C)(=O)=O)N2C(=O)c3cccc(N4CCN(C5CCN(CC(F)(F)c6ccc(Oc7ccc8c([C@@]9(C)CCC(=O)NC9=O)nn(C)c8c7)cc6)CC5)CC4)c3C2=O)ccc1OC. The zero-order chi connectivity index (χ0) is 49.7. The molecule has 0 unspecified atom stereocenters. The van der Waals surface area contributed by atoms with Gasteiger partial charge in [-0.05, 0) is 112 Å². The molecule has 1 N–H and O–H groups in total. The fraction of sp³-hybridized carbons (Fsp3) is 0.431. The summed E-state index contributed by atoms with van der Waals surface area (Å²) in [7, 11) is -0.417. The highest BCUT2D eigenvalue weighted by atomic mass is 32.2. The molecule has 0 aliphatic carbocycles. The number of nitrogens with one attached hydrogen (secondary N) is 1. The molecule has 0 spiro atoms. The van der Waals surface area contributed by atoms with Crippen LogP contribution in [0.3, 0.4) is 0 Å². The number of benzene rings is 4. The molecule has 4 amide bonds. The smallest absolute Gasteiger partial charge is 0.285 e. The quantitative estimate of drug-likeness (QED) is 0.117. The van der Waals surface area contributed by atoms with Crippen molar-refractivity contribution in [2.45, 2.75) is 63.0 Å². The predicted molar refractivity (Wildman–Crippen MR) is 258 cm³/mol. The van der Waals surface area contributed by atoms with Gasteiger partial charge >= 0.3 is 0 Å². The molecule has 3 saturated heterocycles. The number of anilines is 1. The minimum absolute atomic E-state index is 0.111. The third-order valence-electron chi connectivity index (χ3n) is 14.2. The molecule has 4 aliphatic rings. The Kier molecular flexibility index (Phi) is 13.2. The first-order valence-electron chi connectivity index (χ1n) is 23.6. The van der Waals surface area contributed by atoms with Gasteiger partial charge in [-0.15, -0.1) is 0 Å². The van der Waals surface area contributed by atoms with Crippen molar-refractivity contribution in [3.05, 3.63) is 107 Å². The first-order chi connectivity index (χ1) is 33.4. The molecule has 70 heavy (non-hydrogen) atoms. The lowest BCUT2D eigenvalue weighted by Crippen LogP contribution is -2.54. The molecule has 5 heterocycles. The summed E-state index contributed by atoms with van der Waals surface area (Å²) in [5.74, 6) is -3.74. The Morgan fingerprint density at radius 2 is 1.60 bits per heavy atom. The number of alkyl halides is 2. The molecule has 19 heteroatoms. The van der Waals surface area contributed by atoms with Crippen molar-refractivity contribution in [3.63, 3.8) is 0 Å². The average molecular weight is 982 g/mol. The average Bonchev–Trinajstić information content (AvgIpc) is 3.81. The summed E-state index contributed by atoms with van der Waals surface area (Å²) in [4.78, 5) is 60.4. The maximum Gasteiger partial charge on any atom is 0.285 e. The van der Waals surface area contributed by atoms with Crippen LogP contribution in [0.25, 0.3) is 10.9 Å². The number of methoxy groups -OCH3 is 1. The van der Waals surface area contributed by atoms with E-state index in [0.29, 0.717) is 92.2 Å². The van der Waals surface area contributed by atoms with Crippen LogP contribution in [0.4, 0.5) is 14.5 Å². The van der Waals surface area contributed by atoms with Crippen molar-refractivity contribution in [2.75, 3.05) is 76.4 Å². The van der Waals surface area contributed by atoms with Crippen molar-refractivity contribution in [1.82, 2.24) is 29.8 Å². The largest absolute Gasteiger partial charge is 0.493 e. The van der Waals surface area contributed by atoms with E-state index in [1.165, 1.54) is 31.4 Å². The monoisotopic (exact) mass is 981 g/mol. The lowest BCUT2D eigenvalue weighted by molar-refractivity contribution is -0.137. The van der Waals surface area contributed by atoms with Crippen molar-refractivity contribution in [3.8, 4) is 23.0 Å². The Morgan fingerprint density at radius 3 is 2.27 bits per heavy atom. The van der Waals surface area contributed by atoms with E-state index < -0.39 is 51.3 Å². The zero-order valence-electron chi connectivity index (χ0n) is 39.9. The first-order valence-corrected chi connectivity index (χ1v) is 25.6. The number of rotatable bonds is 15. The van der Waals surface area contributed by atoms with E-state index in [4.69, 9.17) is 14.2 Å². The van der Waals surface area contributed by atoms with Crippen LogP contribution in [0, 0.1) is 0 Å². The second kappa shape index (κ2) is 19.0. The summed E-state index contributed by atoms with van der Waals surface area (Å²) in [6.45, 7) is 6.99. The number of hydrogen-bond donors (Lipinski definition) is 1. The summed E-state index contributed by atoms with van der Waals surface area (Å²) in [5.41, 5.74) is 1.70. The molecule has 1 aromatic heterocycles. The third kappa shape index (κ3) is 9.45. The lowest BCUT2D eigenvalue weighted by Gasteiger charge is -2.44. The number of aromatic nitrogens is 2. The molecule has 370 valence electrons. The summed E-state index contributed by atoms with van der Waals surface area (Å²) in [6, 6.07) is 20.3. The molecule has 4 aliphatic heterocycles. The standard InChI is InChI=1S/C51H57F2N7O9S/c1-6-68-43-28-32(10-17-42(43)67-4)41(30-70(5,65)66)60-47(62)38-8-7-9-39(45(38)48(60)63)59-26-24-58(25-27-59)34-19-22-57(23-20-34)31-51(52,53)33-11-13-35(14-12-33)69-36-15-16-37-40(29-36)56(3)55-46(37)50(2)21-18-44(61)54-49(50)64/h7-17,28-29,34,41H,6,18-27,30-31H2,1-5H3,(H,54,61,64)/t41-,50-/m1/s1. The molecular weight excluding hydrogens is 925 g/mol. The number of carbonyl (C=O) groups excluding carboxylic acids is 4. The lowest BCUT2D eigenvalue weighted by atomic mass is 9.77. The van der Waals surface area contributed by atoms with Crippen LogP contribution in [0.15, 0.2) is 78.9 Å². The number of hydrogen-bond acceptors (Lipinski definition) is 13. The van der Waals surface area contributed by atoms with Gasteiger partial charge in [0.2, 0.25) is 11.8 Å². The van der Waals surface area contributed by atoms with E-state index >= 15 is 8.78 Å². The number of halogens is 2. The number of aryl methyl sites for hydroxylation is 1. The van der Waals surface area contributed by atoms with Gasteiger partial charge in [0.25, 0.3) is 17.7 Å². The van der Waals surface area contributed by atoms with E-state index in [9.17, 15) is 27.6 Å². The number of piperazine rings is 1. The van der Waals surface area contributed by atoms with Crippen molar-refractivity contribution < 1.29 is 50.6 Å². The summed E-state index contributed by atoms with van der Waals surface area (Å²) >= 11 is 0. The number of likely N-dealkylation sites (tertiary alicyclic amines) is 1. The number of imide groups is 2. The summed E-state index contributed by atoms with van der Waals surface area (Å²) in [6.07, 6.45) is 3.08. The maximum atomic E-state index is 15.8. The Labute approximate surface area is 405 Å². The summed E-state index contributed by atoms with van der Waals surface area (Å²) in [5, 5.41) is 7.82. The van der Waals surface area contributed by atoms with Gasteiger partial charge in [0, 0.05) is 69.0 Å². The molecule has 0 bridgehead atoms. The third-order valence-corrected chi connectivity index (χ3v) is 15.1. The van der Waals surface area contributed by atoms with Crippen LogP contribution in [0.5, 0.6) is 23.0 Å². The number of amides is 4. The fourth-order valence-electron chi connectivity index (χ4n) is 10.4. The second-order valence-electron chi connectivity index (χ2n) is 18.9. The van der Waals surface area contributed by atoms with Crippen LogP contribution in [-0.2, 0) is 37.8 Å². The van der Waals surface area contributed by atoms with E-state index in [-0.39, 0.29) is 41.0 Å². The van der Waals surface area contributed by atoms with Crippen LogP contribution in [0.2, 0.25) is 0 Å². The number of carbonyl (C=O) groups is 4. The van der Waals surface area contributed by atoms with Gasteiger partial charge in [0.15, 0.2) is 11.5 Å². The van der Waals surface area contributed by atoms with E-state index in [1.807, 2.05) is 17.0 Å². The van der Waals surface area contributed by atoms with E-state index in [2.05, 4.69) is 20.2 Å². The van der Waals surface area contributed by atoms with Gasteiger partial charge in [0.1, 0.15) is 21.3 Å². The summed E-state index contributed by atoms with van der Waals surface area (Å²) < 4.78 is 76.1. The zero-order valence-corrected chi connectivity index (χ0v) is 40.7. The van der Waals surface area contributed by atoms with Crippen molar-refractivity contribution in [2.24, 2.45) is 7.05 Å². The molecule has 9 rings (SSSR count). The number of ether oxygens (including phenoxy) is 3. The molecule has 3 fully saturated rings. The normalized spacial score (nSPS) is 20.2. The topological polar surface area (TPSA) is 173 Å². The van der Waals surface area contributed by atoms with Crippen molar-refractivity contribution in [1.29, 1.82) is 0 Å². The van der Waals surface area contributed by atoms with E-state index in [0.717, 1.165) is 34.9 Å². The molecule has 0 radical (unpaired) electrons. The Hall–Kier alpha value is -6.44. The highest BCUT2D eigenvalue weighted by molar-refractivity contribution is 7.90. The highest BCUT2D eigenvalue weighted by Crippen LogP contribution is 2.41. The van der Waals surface area contributed by atoms with Gasteiger partial charge in [-0.2, -0.15) is 13.9 Å². The number of sulfone groups is 1. The molecule has 4 aromatic carbocycles. The van der Waals surface area contributed by atoms with Crippen molar-refractivity contribution >= 4 is 50.1 Å². The Balaban J connectivity index is 0.793. The van der Waals surface area contributed by atoms with Crippen LogP contribution in [-0.4, -0.2) is 134 Å². The molecule has 2 atom stereocenters. The molecule has 16 nitrogen and oxygen atoms in total. The number of fused-ring (bicyclic) bond motifs is 2. The Bertz CT molecular complexity index is 2970. The van der Waals surface area contributed by atoms with Gasteiger partial charge < -0.3 is 19.1 Å². The maximum absolute atomic E-state index is 15.8. The Morgan fingerprint density at radius 1 is 0.886 bits per heavy atom. The number of piperidine rings is 2. The van der Waals surface area contributed by atoms with Gasteiger partial charge in [-0.25, -0.2) is 8.42 Å². The van der Waals surface area contributed by atoms with Crippen LogP contribution < -0.4 is 24.4 Å².